The molecule has 2 N–H and O–H groups in total. The van der Waals surface area contributed by atoms with Gasteiger partial charge in [-0.1, -0.05) is 0 Å². The van der Waals surface area contributed by atoms with E-state index in [2.05, 4.69) is 5.32 Å². The molecule has 1 fully saturated rings. The van der Waals surface area contributed by atoms with Crippen LogP contribution < -0.4 is 5.32 Å². The molecule has 2 atom stereocenters. The minimum absolute atomic E-state index is 0.0720. The average Bonchev–Trinajstić information content (AvgIpc) is 2.63. The number of aliphatic hydroxyl groups excluding tert-OH is 1. The van der Waals surface area contributed by atoms with Crippen LogP contribution in [0.4, 0.5) is 0 Å². The summed E-state index contributed by atoms with van der Waals surface area (Å²) < 4.78 is 0. The third-order valence-electron chi connectivity index (χ3n) is 2.40. The summed E-state index contributed by atoms with van der Waals surface area (Å²) in [5, 5.41) is 11.9. The van der Waals surface area contributed by atoms with Gasteiger partial charge in [-0.15, -0.1) is 0 Å². The maximum atomic E-state index is 11.3. The van der Waals surface area contributed by atoms with E-state index in [-0.39, 0.29) is 12.0 Å². The van der Waals surface area contributed by atoms with Crippen molar-refractivity contribution in [2.24, 2.45) is 5.92 Å². The summed E-state index contributed by atoms with van der Waals surface area (Å²) in [5.41, 5.74) is 0. The number of nitrogens with one attached hydrogen (secondary N) is 1. The van der Waals surface area contributed by atoms with Crippen LogP contribution >= 0.6 is 11.8 Å². The van der Waals surface area contributed by atoms with Gasteiger partial charge in [-0.2, -0.15) is 11.8 Å². The standard InChI is InChI=1S/C10H19NO2S/c1-8(12)2-3-10(13)11-6-9-4-5-14-7-9/h8-9,12H,2-7H2,1H3,(H,11,13). The molecule has 1 rings (SSSR count). The van der Waals surface area contributed by atoms with Crippen molar-refractivity contribution in [3.05, 3.63) is 0 Å². The van der Waals surface area contributed by atoms with Crippen LogP contribution in [0.5, 0.6) is 0 Å². The normalized spacial score (nSPS) is 23.4. The lowest BCUT2D eigenvalue weighted by Crippen LogP contribution is -2.29. The number of hydrogen-bond donors (Lipinski definition) is 2. The van der Waals surface area contributed by atoms with E-state index < -0.39 is 0 Å². The maximum absolute atomic E-state index is 11.3. The van der Waals surface area contributed by atoms with E-state index in [9.17, 15) is 4.79 Å². The zero-order chi connectivity index (χ0) is 10.4. The molecule has 0 aromatic carbocycles. The molecule has 4 heteroatoms. The third-order valence-corrected chi connectivity index (χ3v) is 3.63. The summed E-state index contributed by atoms with van der Waals surface area (Å²) in [7, 11) is 0. The highest BCUT2D eigenvalue weighted by atomic mass is 32.2. The van der Waals surface area contributed by atoms with Crippen molar-refractivity contribution in [3.63, 3.8) is 0 Å². The minimum atomic E-state index is -0.372. The van der Waals surface area contributed by atoms with E-state index in [1.807, 2.05) is 11.8 Å². The third kappa shape index (κ3) is 4.86. The number of rotatable bonds is 5. The van der Waals surface area contributed by atoms with Crippen molar-refractivity contribution >= 4 is 17.7 Å². The Bertz CT molecular complexity index is 179. The van der Waals surface area contributed by atoms with Gasteiger partial charge in [-0.3, -0.25) is 4.79 Å². The van der Waals surface area contributed by atoms with Gasteiger partial charge in [0.2, 0.25) is 5.91 Å². The summed E-state index contributed by atoms with van der Waals surface area (Å²) in [6.07, 6.45) is 1.85. The van der Waals surface area contributed by atoms with Gasteiger partial charge in [-0.05, 0) is 37.2 Å². The number of amides is 1. The van der Waals surface area contributed by atoms with E-state index >= 15 is 0 Å². The van der Waals surface area contributed by atoms with Gasteiger partial charge in [-0.25, -0.2) is 0 Å². The number of aliphatic hydroxyl groups is 1. The maximum Gasteiger partial charge on any atom is 0.220 e. The Morgan fingerprint density at radius 2 is 2.50 bits per heavy atom. The second kappa shape index (κ2) is 6.30. The van der Waals surface area contributed by atoms with Gasteiger partial charge in [0.15, 0.2) is 0 Å². The molecular formula is C10H19NO2S. The van der Waals surface area contributed by atoms with Crippen molar-refractivity contribution in [1.82, 2.24) is 5.32 Å². The lowest BCUT2D eigenvalue weighted by molar-refractivity contribution is -0.121. The molecule has 0 spiro atoms. The first-order chi connectivity index (χ1) is 6.68. The first kappa shape index (κ1) is 11.9. The molecular weight excluding hydrogens is 198 g/mol. The van der Waals surface area contributed by atoms with Crippen LogP contribution in [0.2, 0.25) is 0 Å². The van der Waals surface area contributed by atoms with E-state index in [1.165, 1.54) is 17.9 Å². The smallest absolute Gasteiger partial charge is 0.220 e. The van der Waals surface area contributed by atoms with Crippen molar-refractivity contribution in [2.45, 2.75) is 32.3 Å². The molecule has 1 amide bonds. The van der Waals surface area contributed by atoms with E-state index in [0.29, 0.717) is 18.8 Å². The van der Waals surface area contributed by atoms with Crippen LogP contribution in [0.25, 0.3) is 0 Å². The Hall–Kier alpha value is -0.220. The van der Waals surface area contributed by atoms with Gasteiger partial charge < -0.3 is 10.4 Å². The van der Waals surface area contributed by atoms with Gasteiger partial charge in [0.1, 0.15) is 0 Å². The molecule has 0 aromatic rings. The van der Waals surface area contributed by atoms with Crippen LogP contribution in [0.1, 0.15) is 26.2 Å². The summed E-state index contributed by atoms with van der Waals surface area (Å²) in [6.45, 7) is 2.52. The molecule has 0 bridgehead atoms. The predicted molar refractivity (Wildman–Crippen MR) is 59.4 cm³/mol. The first-order valence-electron chi connectivity index (χ1n) is 5.21. The van der Waals surface area contributed by atoms with Crippen LogP contribution in [-0.2, 0) is 4.79 Å². The molecule has 0 radical (unpaired) electrons. The topological polar surface area (TPSA) is 49.3 Å². The van der Waals surface area contributed by atoms with E-state index in [1.54, 1.807) is 6.92 Å². The minimum Gasteiger partial charge on any atom is -0.393 e. The summed E-state index contributed by atoms with van der Waals surface area (Å²) >= 11 is 1.96. The number of carbonyl (C=O) groups excluding carboxylic acids is 1. The number of thioether (sulfide) groups is 1. The lowest BCUT2D eigenvalue weighted by Gasteiger charge is -2.10. The first-order valence-corrected chi connectivity index (χ1v) is 6.36. The lowest BCUT2D eigenvalue weighted by atomic mass is 10.1. The molecule has 1 heterocycles. The Labute approximate surface area is 89.6 Å². The van der Waals surface area contributed by atoms with E-state index in [0.717, 1.165) is 6.54 Å². The summed E-state index contributed by atoms with van der Waals surface area (Å²) in [4.78, 5) is 11.3. The Morgan fingerprint density at radius 3 is 3.07 bits per heavy atom. The quantitative estimate of drug-likeness (QED) is 0.723. The monoisotopic (exact) mass is 217 g/mol. The average molecular weight is 217 g/mol. The Balaban J connectivity index is 2.02. The van der Waals surface area contributed by atoms with Gasteiger partial charge in [0, 0.05) is 13.0 Å². The van der Waals surface area contributed by atoms with Crippen molar-refractivity contribution in [1.29, 1.82) is 0 Å². The predicted octanol–water partition coefficient (Wildman–Crippen LogP) is 1.02. The fourth-order valence-electron chi connectivity index (χ4n) is 1.43. The highest BCUT2D eigenvalue weighted by molar-refractivity contribution is 7.99. The molecule has 0 aromatic heterocycles. The SMILES string of the molecule is CC(O)CCC(=O)NCC1CCSC1. The van der Waals surface area contributed by atoms with Gasteiger partial charge in [0.25, 0.3) is 0 Å². The molecule has 14 heavy (non-hydrogen) atoms. The molecule has 1 aliphatic rings. The number of hydrogen-bond acceptors (Lipinski definition) is 3. The van der Waals surface area contributed by atoms with Crippen molar-refractivity contribution in [2.75, 3.05) is 18.1 Å². The molecule has 2 unspecified atom stereocenters. The fourth-order valence-corrected chi connectivity index (χ4v) is 2.72. The molecule has 1 saturated heterocycles. The van der Waals surface area contributed by atoms with Gasteiger partial charge in [0.05, 0.1) is 6.10 Å². The van der Waals surface area contributed by atoms with Crippen LogP contribution in [-0.4, -0.2) is 35.2 Å². The van der Waals surface area contributed by atoms with Crippen LogP contribution in [0.3, 0.4) is 0 Å². The van der Waals surface area contributed by atoms with Crippen molar-refractivity contribution in [3.8, 4) is 0 Å². The second-order valence-corrected chi connectivity index (χ2v) is 5.07. The molecule has 0 saturated carbocycles. The van der Waals surface area contributed by atoms with E-state index in [4.69, 9.17) is 5.11 Å². The van der Waals surface area contributed by atoms with Gasteiger partial charge >= 0.3 is 0 Å². The van der Waals surface area contributed by atoms with Crippen LogP contribution in [0, 0.1) is 5.92 Å². The largest absolute Gasteiger partial charge is 0.393 e. The zero-order valence-electron chi connectivity index (χ0n) is 8.66. The highest BCUT2D eigenvalue weighted by Gasteiger charge is 2.15. The Kier molecular flexibility index (Phi) is 5.33. The van der Waals surface area contributed by atoms with Crippen molar-refractivity contribution < 1.29 is 9.90 Å². The van der Waals surface area contributed by atoms with Crippen LogP contribution in [0.15, 0.2) is 0 Å². The molecule has 1 aliphatic heterocycles. The Morgan fingerprint density at radius 1 is 1.71 bits per heavy atom. The number of carbonyl (C=O) groups is 1. The molecule has 3 nitrogen and oxygen atoms in total. The zero-order valence-corrected chi connectivity index (χ0v) is 9.48. The molecule has 82 valence electrons. The summed E-state index contributed by atoms with van der Waals surface area (Å²) in [5.74, 6) is 3.14. The fraction of sp³-hybridized carbons (Fsp3) is 0.900. The highest BCUT2D eigenvalue weighted by Crippen LogP contribution is 2.22. The summed E-state index contributed by atoms with van der Waals surface area (Å²) in [6, 6.07) is 0. The second-order valence-electron chi connectivity index (χ2n) is 3.92. The molecule has 0 aliphatic carbocycles.